The molecule has 6 nitrogen and oxygen atoms in total. The van der Waals surface area contributed by atoms with Gasteiger partial charge in [-0.05, 0) is 81.0 Å². The molecule has 0 bridgehead atoms. The van der Waals surface area contributed by atoms with Gasteiger partial charge in [0.15, 0.2) is 6.29 Å². The van der Waals surface area contributed by atoms with Crippen LogP contribution in [0.3, 0.4) is 0 Å². The van der Waals surface area contributed by atoms with Crippen molar-refractivity contribution in [1.82, 2.24) is 0 Å². The Kier molecular flexibility index (Phi) is 6.88. The first kappa shape index (κ1) is 28.7. The quantitative estimate of drug-likeness (QED) is 0.468. The number of Topliss-reactive ketones (excluding diaryl/α,β-unsaturated/α-hetero) is 1. The molecular weight excluding hydrogens is 480 g/mol. The summed E-state index contributed by atoms with van der Waals surface area (Å²) in [6.45, 7) is 15.2. The molecule has 38 heavy (non-hydrogen) atoms. The first-order chi connectivity index (χ1) is 17.6. The molecule has 0 radical (unpaired) electrons. The number of hydrogen-bond acceptors (Lipinski definition) is 6. The molecule has 11 atom stereocenters. The fourth-order valence-electron chi connectivity index (χ4n) is 10.5. The molecule has 1 aliphatic heterocycles. The summed E-state index contributed by atoms with van der Waals surface area (Å²) in [5, 5.41) is 23.0. The Morgan fingerprint density at radius 2 is 1.76 bits per heavy atom. The van der Waals surface area contributed by atoms with Gasteiger partial charge in [-0.25, -0.2) is 0 Å². The SMILES string of the molecule is COC1OC(C(O)C(C)(C)OC)CC1C1CC=C2C1(C)CCC1C3(C)CCC(=O)C(C)(C)C3CC(O)C21C. The third kappa shape index (κ3) is 3.72. The van der Waals surface area contributed by atoms with E-state index in [0.29, 0.717) is 30.5 Å². The van der Waals surface area contributed by atoms with E-state index in [-0.39, 0.29) is 45.9 Å². The van der Waals surface area contributed by atoms with E-state index >= 15 is 0 Å². The summed E-state index contributed by atoms with van der Waals surface area (Å²) in [5.74, 6) is 1.40. The van der Waals surface area contributed by atoms with Gasteiger partial charge in [-0.2, -0.15) is 0 Å². The van der Waals surface area contributed by atoms with Gasteiger partial charge in [-0.1, -0.05) is 46.3 Å². The lowest BCUT2D eigenvalue weighted by atomic mass is 9.37. The minimum atomic E-state index is -0.751. The van der Waals surface area contributed by atoms with Crippen LogP contribution in [0.5, 0.6) is 0 Å². The third-order valence-corrected chi connectivity index (χ3v) is 13.0. The molecule has 2 N–H and O–H groups in total. The van der Waals surface area contributed by atoms with Gasteiger partial charge in [0.25, 0.3) is 0 Å². The molecule has 4 aliphatic carbocycles. The zero-order chi connectivity index (χ0) is 28.1. The number of hydrogen-bond donors (Lipinski definition) is 2. The molecule has 11 unspecified atom stereocenters. The van der Waals surface area contributed by atoms with Crippen LogP contribution in [0.1, 0.15) is 93.4 Å². The highest BCUT2D eigenvalue weighted by molar-refractivity contribution is 5.85. The summed E-state index contributed by atoms with van der Waals surface area (Å²) in [7, 11) is 3.33. The predicted molar refractivity (Wildman–Crippen MR) is 146 cm³/mol. The Balaban J connectivity index is 1.45. The van der Waals surface area contributed by atoms with Crippen LogP contribution >= 0.6 is 0 Å². The highest BCUT2D eigenvalue weighted by Gasteiger charge is 2.69. The smallest absolute Gasteiger partial charge is 0.160 e. The zero-order valence-electron chi connectivity index (χ0n) is 25.2. The van der Waals surface area contributed by atoms with Gasteiger partial charge in [-0.15, -0.1) is 0 Å². The first-order valence-electron chi connectivity index (χ1n) is 14.9. The molecule has 0 spiro atoms. The minimum Gasteiger partial charge on any atom is -0.392 e. The second kappa shape index (κ2) is 9.11. The summed E-state index contributed by atoms with van der Waals surface area (Å²) in [5.41, 5.74) is 0.00241. The van der Waals surface area contributed by atoms with Crippen molar-refractivity contribution in [1.29, 1.82) is 0 Å². The average molecular weight is 533 g/mol. The normalized spacial score (nSPS) is 49.2. The fourth-order valence-corrected chi connectivity index (χ4v) is 10.5. The van der Waals surface area contributed by atoms with Gasteiger partial charge < -0.3 is 24.4 Å². The molecule has 0 aromatic rings. The molecule has 0 aromatic heterocycles. The summed E-state index contributed by atoms with van der Waals surface area (Å²) in [4.78, 5) is 13.0. The number of rotatable bonds is 5. The van der Waals surface area contributed by atoms with Gasteiger partial charge in [0.2, 0.25) is 0 Å². The van der Waals surface area contributed by atoms with Gasteiger partial charge in [-0.3, -0.25) is 4.79 Å². The van der Waals surface area contributed by atoms with E-state index in [0.717, 1.165) is 32.1 Å². The second-order valence-corrected chi connectivity index (χ2v) is 15.1. The molecule has 1 heterocycles. The van der Waals surface area contributed by atoms with Crippen LogP contribution in [0, 0.1) is 45.3 Å². The highest BCUT2D eigenvalue weighted by atomic mass is 16.7. The van der Waals surface area contributed by atoms with Crippen molar-refractivity contribution in [2.75, 3.05) is 14.2 Å². The van der Waals surface area contributed by atoms with E-state index in [9.17, 15) is 15.0 Å². The molecule has 3 saturated carbocycles. The van der Waals surface area contributed by atoms with E-state index in [2.05, 4.69) is 40.7 Å². The summed E-state index contributed by atoms with van der Waals surface area (Å²) in [6, 6.07) is 0. The van der Waals surface area contributed by atoms with Gasteiger partial charge in [0.1, 0.15) is 11.9 Å². The van der Waals surface area contributed by atoms with E-state index < -0.39 is 17.8 Å². The van der Waals surface area contributed by atoms with E-state index in [1.165, 1.54) is 5.57 Å². The monoisotopic (exact) mass is 532 g/mol. The van der Waals surface area contributed by atoms with Crippen LogP contribution in [-0.4, -0.2) is 60.4 Å². The van der Waals surface area contributed by atoms with Crippen molar-refractivity contribution in [3.8, 4) is 0 Å². The maximum atomic E-state index is 13.0. The van der Waals surface area contributed by atoms with Crippen LogP contribution in [-0.2, 0) is 19.0 Å². The number of carbonyl (C=O) groups excluding carboxylic acids is 1. The van der Waals surface area contributed by atoms with E-state index in [4.69, 9.17) is 14.2 Å². The Hall–Kier alpha value is -0.790. The maximum Gasteiger partial charge on any atom is 0.160 e. The number of methoxy groups -OCH3 is 2. The summed E-state index contributed by atoms with van der Waals surface area (Å²) in [6.07, 6.45) is 6.58. The third-order valence-electron chi connectivity index (χ3n) is 13.0. The average Bonchev–Trinajstić information content (AvgIpc) is 3.44. The molecule has 0 amide bonds. The van der Waals surface area contributed by atoms with Crippen LogP contribution in [0.25, 0.3) is 0 Å². The van der Waals surface area contributed by atoms with Gasteiger partial charge >= 0.3 is 0 Å². The van der Waals surface area contributed by atoms with E-state index in [1.54, 1.807) is 14.2 Å². The number of fused-ring (bicyclic) bond motifs is 5. The predicted octanol–water partition coefficient (Wildman–Crippen LogP) is 5.30. The molecule has 0 aromatic carbocycles. The summed E-state index contributed by atoms with van der Waals surface area (Å²) >= 11 is 0. The topological polar surface area (TPSA) is 85.2 Å². The molecule has 216 valence electrons. The van der Waals surface area contributed by atoms with Crippen molar-refractivity contribution in [3.05, 3.63) is 11.6 Å². The zero-order valence-corrected chi connectivity index (χ0v) is 25.2. The van der Waals surface area contributed by atoms with Crippen molar-refractivity contribution in [2.45, 2.75) is 124 Å². The van der Waals surface area contributed by atoms with Crippen LogP contribution in [0.15, 0.2) is 11.6 Å². The van der Waals surface area contributed by atoms with Crippen molar-refractivity contribution < 1.29 is 29.2 Å². The van der Waals surface area contributed by atoms with Crippen LogP contribution in [0.2, 0.25) is 0 Å². The van der Waals surface area contributed by atoms with E-state index in [1.807, 2.05) is 13.8 Å². The first-order valence-corrected chi connectivity index (χ1v) is 14.9. The van der Waals surface area contributed by atoms with Crippen molar-refractivity contribution >= 4 is 5.78 Å². The van der Waals surface area contributed by atoms with Crippen molar-refractivity contribution in [2.24, 2.45) is 45.3 Å². The molecule has 6 heteroatoms. The molecular formula is C32H52O6. The van der Waals surface area contributed by atoms with Crippen LogP contribution < -0.4 is 0 Å². The number of allylic oxidation sites excluding steroid dienone is 1. The Labute approximate surface area is 229 Å². The Bertz CT molecular complexity index is 986. The largest absolute Gasteiger partial charge is 0.392 e. The number of ether oxygens (including phenoxy) is 3. The summed E-state index contributed by atoms with van der Waals surface area (Å²) < 4.78 is 17.8. The molecule has 5 rings (SSSR count). The number of aliphatic hydroxyl groups is 2. The lowest BCUT2D eigenvalue weighted by molar-refractivity contribution is -0.197. The number of aliphatic hydroxyl groups excluding tert-OH is 2. The second-order valence-electron chi connectivity index (χ2n) is 15.1. The standard InChI is InChI=1S/C32H52O6/c1-28(2)23-17-25(34)32(7)21-11-10-19(18-16-20(38-27(18)36-8)26(35)29(3,4)37-9)30(21,5)14-12-22(32)31(23,6)15-13-24(28)33/h11,18-20,22-23,25-27,34-35H,10,12-17H2,1-9H3. The van der Waals surface area contributed by atoms with Gasteiger partial charge in [0.05, 0.1) is 17.8 Å². The fraction of sp³-hybridized carbons (Fsp3) is 0.906. The van der Waals surface area contributed by atoms with Crippen LogP contribution in [0.4, 0.5) is 0 Å². The lowest BCUT2D eigenvalue weighted by Gasteiger charge is -2.67. The lowest BCUT2D eigenvalue weighted by Crippen LogP contribution is -2.65. The molecule has 4 fully saturated rings. The number of ketones is 1. The maximum absolute atomic E-state index is 13.0. The van der Waals surface area contributed by atoms with Gasteiger partial charge in [0, 0.05) is 37.4 Å². The Morgan fingerprint density at radius 1 is 1.08 bits per heavy atom. The highest BCUT2D eigenvalue weighted by Crippen LogP contribution is 2.73. The minimum absolute atomic E-state index is 0.0398. The molecule has 1 saturated heterocycles. The molecule has 5 aliphatic rings. The Morgan fingerprint density at radius 3 is 2.39 bits per heavy atom. The van der Waals surface area contributed by atoms with Crippen molar-refractivity contribution in [3.63, 3.8) is 0 Å². The number of carbonyl (C=O) groups is 1.